The molecule has 7 nitrogen and oxygen atoms in total. The molecule has 0 N–H and O–H groups in total. The van der Waals surface area contributed by atoms with Crippen LogP contribution in [0.5, 0.6) is 0 Å². The quantitative estimate of drug-likeness (QED) is 0.521. The highest BCUT2D eigenvalue weighted by Crippen LogP contribution is 2.32. The SMILES string of the molecule is COC(CN1C(=O)CC[C@H]1CN1C(=O)C2=CC=CCC2C1=O)OC. The molecule has 24 heavy (non-hydrogen) atoms. The van der Waals surface area contributed by atoms with Crippen molar-refractivity contribution in [1.82, 2.24) is 9.80 Å². The van der Waals surface area contributed by atoms with Crippen molar-refractivity contribution in [2.75, 3.05) is 27.3 Å². The van der Waals surface area contributed by atoms with E-state index in [-0.39, 0.29) is 36.2 Å². The summed E-state index contributed by atoms with van der Waals surface area (Å²) in [6.07, 6.45) is 6.51. The third kappa shape index (κ3) is 2.89. The molecule has 1 unspecified atom stereocenters. The molecule has 3 rings (SSSR count). The van der Waals surface area contributed by atoms with Crippen LogP contribution in [0.3, 0.4) is 0 Å². The predicted molar refractivity (Wildman–Crippen MR) is 84.6 cm³/mol. The second kappa shape index (κ2) is 6.86. The van der Waals surface area contributed by atoms with Crippen LogP contribution in [0.4, 0.5) is 0 Å². The maximum Gasteiger partial charge on any atom is 0.257 e. The first-order valence-corrected chi connectivity index (χ1v) is 8.14. The molecule has 0 aromatic rings. The molecule has 3 aliphatic rings. The molecule has 0 spiro atoms. The lowest BCUT2D eigenvalue weighted by atomic mass is 9.94. The number of nitrogens with zero attached hydrogens (tertiary/aromatic N) is 2. The van der Waals surface area contributed by atoms with E-state index in [1.54, 1.807) is 11.0 Å². The minimum atomic E-state index is -0.519. The largest absolute Gasteiger partial charge is 0.354 e. The molecule has 7 heteroatoms. The molecule has 0 bridgehead atoms. The van der Waals surface area contributed by atoms with E-state index >= 15 is 0 Å². The van der Waals surface area contributed by atoms with Gasteiger partial charge in [0.25, 0.3) is 5.91 Å². The van der Waals surface area contributed by atoms with Crippen LogP contribution in [-0.2, 0) is 23.9 Å². The van der Waals surface area contributed by atoms with Crippen LogP contribution in [0.1, 0.15) is 19.3 Å². The average molecular weight is 334 g/mol. The molecule has 130 valence electrons. The predicted octanol–water partition coefficient (Wildman–Crippen LogP) is 0.468. The van der Waals surface area contributed by atoms with Gasteiger partial charge in [-0.15, -0.1) is 0 Å². The zero-order chi connectivity index (χ0) is 17.3. The van der Waals surface area contributed by atoms with Crippen LogP contribution in [0, 0.1) is 5.92 Å². The number of allylic oxidation sites excluding steroid dienone is 3. The van der Waals surface area contributed by atoms with Crippen molar-refractivity contribution in [3.8, 4) is 0 Å². The third-order valence-corrected chi connectivity index (χ3v) is 4.93. The Balaban J connectivity index is 1.72. The van der Waals surface area contributed by atoms with Crippen molar-refractivity contribution in [3.05, 3.63) is 23.8 Å². The number of carbonyl (C=O) groups excluding carboxylic acids is 3. The Kier molecular flexibility index (Phi) is 4.82. The third-order valence-electron chi connectivity index (χ3n) is 4.93. The molecule has 2 fully saturated rings. The number of hydrogen-bond acceptors (Lipinski definition) is 5. The molecule has 2 saturated heterocycles. The van der Waals surface area contributed by atoms with Gasteiger partial charge in [-0.3, -0.25) is 19.3 Å². The Morgan fingerprint density at radius 1 is 1.25 bits per heavy atom. The Morgan fingerprint density at radius 3 is 2.67 bits per heavy atom. The molecule has 0 aromatic carbocycles. The number of hydrogen-bond donors (Lipinski definition) is 0. The van der Waals surface area contributed by atoms with E-state index in [1.807, 2.05) is 12.2 Å². The van der Waals surface area contributed by atoms with Gasteiger partial charge in [-0.1, -0.05) is 18.2 Å². The monoisotopic (exact) mass is 334 g/mol. The first-order chi connectivity index (χ1) is 11.6. The van der Waals surface area contributed by atoms with Crippen LogP contribution in [0.2, 0.25) is 0 Å². The fourth-order valence-corrected chi connectivity index (χ4v) is 3.55. The number of imide groups is 1. The van der Waals surface area contributed by atoms with Gasteiger partial charge in [-0.05, 0) is 12.8 Å². The lowest BCUT2D eigenvalue weighted by molar-refractivity contribution is -0.147. The number of amides is 3. The van der Waals surface area contributed by atoms with Crippen molar-refractivity contribution in [2.24, 2.45) is 5.92 Å². The maximum atomic E-state index is 12.5. The van der Waals surface area contributed by atoms with E-state index in [4.69, 9.17) is 9.47 Å². The highest BCUT2D eigenvalue weighted by Gasteiger charge is 2.45. The average Bonchev–Trinajstić information content (AvgIpc) is 3.06. The summed E-state index contributed by atoms with van der Waals surface area (Å²) in [6.45, 7) is 0.526. The molecule has 2 heterocycles. The van der Waals surface area contributed by atoms with Crippen molar-refractivity contribution in [1.29, 1.82) is 0 Å². The molecule has 2 aliphatic heterocycles. The standard InChI is InChI=1S/C17H22N2O5/c1-23-15(24-2)10-18-11(7-8-14(18)20)9-19-16(21)12-5-3-4-6-13(12)17(19)22/h3-5,11,13,15H,6-10H2,1-2H3/t11-,13?/m0/s1. The number of fused-ring (bicyclic) bond motifs is 1. The van der Waals surface area contributed by atoms with Crippen molar-refractivity contribution < 1.29 is 23.9 Å². The highest BCUT2D eigenvalue weighted by atomic mass is 16.7. The van der Waals surface area contributed by atoms with Gasteiger partial charge in [-0.2, -0.15) is 0 Å². The van der Waals surface area contributed by atoms with Crippen LogP contribution >= 0.6 is 0 Å². The molecule has 0 aromatic heterocycles. The fraction of sp³-hybridized carbons (Fsp3) is 0.588. The number of carbonyl (C=O) groups is 3. The van der Waals surface area contributed by atoms with E-state index < -0.39 is 6.29 Å². The van der Waals surface area contributed by atoms with Crippen LogP contribution < -0.4 is 0 Å². The number of methoxy groups -OCH3 is 2. The van der Waals surface area contributed by atoms with Gasteiger partial charge in [0.2, 0.25) is 11.8 Å². The summed E-state index contributed by atoms with van der Waals surface area (Å²) in [5, 5.41) is 0. The molecular formula is C17H22N2O5. The van der Waals surface area contributed by atoms with Gasteiger partial charge in [0.15, 0.2) is 6.29 Å². The van der Waals surface area contributed by atoms with Gasteiger partial charge < -0.3 is 14.4 Å². The van der Waals surface area contributed by atoms with Gasteiger partial charge in [0.05, 0.1) is 18.5 Å². The number of ether oxygens (including phenoxy) is 2. The van der Waals surface area contributed by atoms with Crippen LogP contribution in [0.15, 0.2) is 23.8 Å². The molecule has 2 atom stereocenters. The normalized spacial score (nSPS) is 26.6. The molecule has 3 amide bonds. The molecule has 0 saturated carbocycles. The summed E-state index contributed by atoms with van der Waals surface area (Å²) in [6, 6.07) is -0.188. The van der Waals surface area contributed by atoms with Crippen molar-refractivity contribution in [3.63, 3.8) is 0 Å². The maximum absolute atomic E-state index is 12.5. The summed E-state index contributed by atoms with van der Waals surface area (Å²) in [5.41, 5.74) is 0.560. The van der Waals surface area contributed by atoms with Crippen LogP contribution in [-0.4, -0.2) is 67.2 Å². The number of rotatable bonds is 6. The summed E-state index contributed by atoms with van der Waals surface area (Å²) in [7, 11) is 3.03. The van der Waals surface area contributed by atoms with E-state index in [1.165, 1.54) is 19.1 Å². The van der Waals surface area contributed by atoms with Crippen LogP contribution in [0.25, 0.3) is 0 Å². The molecule has 1 aliphatic carbocycles. The Labute approximate surface area is 140 Å². The summed E-state index contributed by atoms with van der Waals surface area (Å²) in [4.78, 5) is 40.2. The molecular weight excluding hydrogens is 312 g/mol. The Hall–Kier alpha value is -1.99. The van der Waals surface area contributed by atoms with Crippen molar-refractivity contribution in [2.45, 2.75) is 31.6 Å². The minimum absolute atomic E-state index is 0.00325. The molecule has 0 radical (unpaired) electrons. The number of likely N-dealkylation sites (tertiary alicyclic amines) is 2. The summed E-state index contributed by atoms with van der Waals surface area (Å²) in [5.74, 6) is -0.760. The fourth-order valence-electron chi connectivity index (χ4n) is 3.55. The second-order valence-electron chi connectivity index (χ2n) is 6.23. The summed E-state index contributed by atoms with van der Waals surface area (Å²) >= 11 is 0. The summed E-state index contributed by atoms with van der Waals surface area (Å²) < 4.78 is 10.3. The smallest absolute Gasteiger partial charge is 0.257 e. The van der Waals surface area contributed by atoms with Gasteiger partial charge in [0, 0.05) is 32.8 Å². The first-order valence-electron chi connectivity index (χ1n) is 8.14. The highest BCUT2D eigenvalue weighted by molar-refractivity contribution is 6.15. The van der Waals surface area contributed by atoms with E-state index in [9.17, 15) is 14.4 Å². The second-order valence-corrected chi connectivity index (χ2v) is 6.23. The lowest BCUT2D eigenvalue weighted by Crippen LogP contribution is -2.47. The van der Waals surface area contributed by atoms with E-state index in [0.29, 0.717) is 31.4 Å². The van der Waals surface area contributed by atoms with Gasteiger partial charge >= 0.3 is 0 Å². The van der Waals surface area contributed by atoms with Gasteiger partial charge in [0.1, 0.15) is 0 Å². The minimum Gasteiger partial charge on any atom is -0.354 e. The van der Waals surface area contributed by atoms with Gasteiger partial charge in [-0.25, -0.2) is 0 Å². The Morgan fingerprint density at radius 2 is 2.00 bits per heavy atom. The topological polar surface area (TPSA) is 76.2 Å². The zero-order valence-electron chi connectivity index (χ0n) is 13.9. The lowest BCUT2D eigenvalue weighted by Gasteiger charge is -2.30. The van der Waals surface area contributed by atoms with Crippen molar-refractivity contribution >= 4 is 17.7 Å². The Bertz CT molecular complexity index is 608. The van der Waals surface area contributed by atoms with E-state index in [2.05, 4.69) is 0 Å². The zero-order valence-corrected chi connectivity index (χ0v) is 13.9. The van der Waals surface area contributed by atoms with E-state index in [0.717, 1.165) is 0 Å². The first kappa shape index (κ1) is 16.9.